The lowest BCUT2D eigenvalue weighted by atomic mass is 10.0. The molecule has 1 amide bonds. The lowest BCUT2D eigenvalue weighted by molar-refractivity contribution is 0.0942. The zero-order valence-corrected chi connectivity index (χ0v) is 16.4. The van der Waals surface area contributed by atoms with Crippen molar-refractivity contribution < 1.29 is 4.79 Å². The van der Waals surface area contributed by atoms with Crippen LogP contribution in [-0.4, -0.2) is 20.4 Å². The molecular weight excluding hydrogens is 384 g/mol. The van der Waals surface area contributed by atoms with Crippen molar-refractivity contribution in [1.82, 2.24) is 19.9 Å². The second-order valence-electron chi connectivity index (χ2n) is 6.63. The summed E-state index contributed by atoms with van der Waals surface area (Å²) in [5, 5.41) is 3.52. The molecule has 2 aromatic heterocycles. The van der Waals surface area contributed by atoms with Crippen LogP contribution in [0.2, 0.25) is 0 Å². The minimum atomic E-state index is -0.400. The van der Waals surface area contributed by atoms with Crippen LogP contribution in [0.25, 0.3) is 10.9 Å². The van der Waals surface area contributed by atoms with Crippen molar-refractivity contribution in [2.75, 3.05) is 0 Å². The number of carbonyl (C=O) groups is 1. The number of aromatic amines is 1. The topological polar surface area (TPSA) is 79.8 Å². The number of nitrogens with one attached hydrogen (secondary N) is 2. The lowest BCUT2D eigenvalue weighted by Gasteiger charge is -2.19. The second kappa shape index (κ2) is 7.81. The molecule has 29 heavy (non-hydrogen) atoms. The fourth-order valence-electron chi connectivity index (χ4n) is 3.18. The van der Waals surface area contributed by atoms with Crippen molar-refractivity contribution in [3.05, 3.63) is 105 Å². The minimum absolute atomic E-state index is 0.202. The van der Waals surface area contributed by atoms with Crippen LogP contribution in [0, 0.1) is 4.77 Å². The van der Waals surface area contributed by atoms with Gasteiger partial charge in [0, 0.05) is 18.8 Å². The molecule has 4 aromatic rings. The van der Waals surface area contributed by atoms with Gasteiger partial charge in [-0.3, -0.25) is 19.1 Å². The largest absolute Gasteiger partial charge is 0.340 e. The average molecular weight is 402 g/mol. The molecule has 0 aliphatic heterocycles. The highest BCUT2D eigenvalue weighted by molar-refractivity contribution is 7.71. The van der Waals surface area contributed by atoms with E-state index >= 15 is 0 Å². The van der Waals surface area contributed by atoms with Crippen molar-refractivity contribution >= 4 is 29.0 Å². The van der Waals surface area contributed by atoms with Crippen molar-refractivity contribution in [1.29, 1.82) is 0 Å². The monoisotopic (exact) mass is 402 g/mol. The van der Waals surface area contributed by atoms with Crippen molar-refractivity contribution in [3.8, 4) is 0 Å². The van der Waals surface area contributed by atoms with E-state index in [1.165, 1.54) is 4.57 Å². The molecule has 0 bridgehead atoms. The first-order chi connectivity index (χ1) is 14.0. The maximum atomic E-state index is 13.0. The third kappa shape index (κ3) is 3.72. The Labute approximate surface area is 171 Å². The lowest BCUT2D eigenvalue weighted by Crippen LogP contribution is -2.30. The van der Waals surface area contributed by atoms with Gasteiger partial charge in [0.15, 0.2) is 4.77 Å². The fourth-order valence-corrected chi connectivity index (χ4v) is 3.37. The van der Waals surface area contributed by atoms with Gasteiger partial charge in [-0.1, -0.05) is 36.4 Å². The first-order valence-electron chi connectivity index (χ1n) is 9.04. The number of aromatic nitrogens is 3. The number of H-pyrrole nitrogens is 1. The number of fused-ring (bicyclic) bond motifs is 1. The summed E-state index contributed by atoms with van der Waals surface area (Å²) in [6.07, 6.45) is 1.70. The third-order valence-corrected chi connectivity index (χ3v) is 5.13. The molecule has 144 valence electrons. The van der Waals surface area contributed by atoms with Gasteiger partial charge in [-0.15, -0.1) is 0 Å². The standard InChI is InChI=1S/C22H18N4O2S/c1-26-21(28)16-11-10-15(13-18(16)24-22(26)29)20(27)25-19(14-7-3-2-4-8-14)17-9-5-6-12-23-17/h2-13,19H,1H3,(H,24,29)(H,25,27). The Morgan fingerprint density at radius 2 is 1.86 bits per heavy atom. The van der Waals surface area contributed by atoms with E-state index < -0.39 is 6.04 Å². The predicted octanol–water partition coefficient (Wildman–Crippen LogP) is 3.51. The zero-order chi connectivity index (χ0) is 20.4. The summed E-state index contributed by atoms with van der Waals surface area (Å²) < 4.78 is 1.67. The molecule has 7 heteroatoms. The predicted molar refractivity (Wildman–Crippen MR) is 114 cm³/mol. The summed E-state index contributed by atoms with van der Waals surface area (Å²) in [4.78, 5) is 32.8. The van der Waals surface area contributed by atoms with Gasteiger partial charge in [0.05, 0.1) is 22.6 Å². The summed E-state index contributed by atoms with van der Waals surface area (Å²) in [7, 11) is 1.61. The summed E-state index contributed by atoms with van der Waals surface area (Å²) in [5.74, 6) is -0.272. The van der Waals surface area contributed by atoms with Gasteiger partial charge < -0.3 is 10.3 Å². The summed E-state index contributed by atoms with van der Waals surface area (Å²) in [5.41, 5.74) is 2.41. The highest BCUT2D eigenvalue weighted by atomic mass is 32.1. The van der Waals surface area contributed by atoms with E-state index in [0.717, 1.165) is 11.3 Å². The highest BCUT2D eigenvalue weighted by Crippen LogP contribution is 2.21. The van der Waals surface area contributed by atoms with Gasteiger partial charge in [-0.2, -0.15) is 0 Å². The SMILES string of the molecule is Cn1c(=S)[nH]c2cc(C(=O)NC(c3ccccc3)c3ccccn3)ccc2c1=O. The van der Waals surface area contributed by atoms with E-state index in [4.69, 9.17) is 12.2 Å². The van der Waals surface area contributed by atoms with E-state index in [0.29, 0.717) is 21.2 Å². The van der Waals surface area contributed by atoms with Crippen LogP contribution in [0.15, 0.2) is 77.7 Å². The van der Waals surface area contributed by atoms with Gasteiger partial charge in [-0.05, 0) is 48.1 Å². The highest BCUT2D eigenvalue weighted by Gasteiger charge is 2.19. The van der Waals surface area contributed by atoms with Crippen molar-refractivity contribution in [2.45, 2.75) is 6.04 Å². The van der Waals surface area contributed by atoms with Crippen molar-refractivity contribution in [2.24, 2.45) is 7.05 Å². The number of pyridine rings is 1. The van der Waals surface area contributed by atoms with E-state index in [-0.39, 0.29) is 11.5 Å². The average Bonchev–Trinajstić information content (AvgIpc) is 2.76. The molecular formula is C22H18N4O2S. The first-order valence-corrected chi connectivity index (χ1v) is 9.45. The fraction of sp³-hybridized carbons (Fsp3) is 0.0909. The zero-order valence-electron chi connectivity index (χ0n) is 15.6. The summed E-state index contributed by atoms with van der Waals surface area (Å²) in [6.45, 7) is 0. The Morgan fingerprint density at radius 1 is 1.10 bits per heavy atom. The molecule has 2 heterocycles. The summed E-state index contributed by atoms with van der Waals surface area (Å²) >= 11 is 5.17. The second-order valence-corrected chi connectivity index (χ2v) is 7.01. The van der Waals surface area contributed by atoms with Crippen molar-refractivity contribution in [3.63, 3.8) is 0 Å². The smallest absolute Gasteiger partial charge is 0.261 e. The molecule has 4 rings (SSSR count). The molecule has 0 fully saturated rings. The number of hydrogen-bond acceptors (Lipinski definition) is 4. The van der Waals surface area contributed by atoms with Crippen LogP contribution in [0.3, 0.4) is 0 Å². The Kier molecular flexibility index (Phi) is 5.05. The minimum Gasteiger partial charge on any atom is -0.340 e. The van der Waals surface area contributed by atoms with Gasteiger partial charge in [0.25, 0.3) is 11.5 Å². The quantitative estimate of drug-likeness (QED) is 0.512. The van der Waals surface area contributed by atoms with E-state index in [9.17, 15) is 9.59 Å². The molecule has 1 atom stereocenters. The van der Waals surface area contributed by atoms with E-state index in [2.05, 4.69) is 15.3 Å². The Morgan fingerprint density at radius 3 is 2.59 bits per heavy atom. The molecule has 2 aromatic carbocycles. The van der Waals surface area contributed by atoms with Crippen LogP contribution in [0.5, 0.6) is 0 Å². The van der Waals surface area contributed by atoms with E-state index in [1.807, 2.05) is 48.5 Å². The number of nitrogens with zero attached hydrogens (tertiary/aromatic N) is 2. The number of amides is 1. The Bertz CT molecular complexity index is 1260. The molecule has 0 spiro atoms. The molecule has 0 radical (unpaired) electrons. The molecule has 0 saturated carbocycles. The van der Waals surface area contributed by atoms with Crippen LogP contribution < -0.4 is 10.9 Å². The van der Waals surface area contributed by atoms with Crippen LogP contribution >= 0.6 is 12.2 Å². The molecule has 0 saturated heterocycles. The van der Waals surface area contributed by atoms with Crippen LogP contribution in [-0.2, 0) is 7.05 Å². The van der Waals surface area contributed by atoms with Crippen LogP contribution in [0.1, 0.15) is 27.7 Å². The first kappa shape index (κ1) is 18.8. The molecule has 0 aliphatic rings. The molecule has 6 nitrogen and oxygen atoms in total. The van der Waals surface area contributed by atoms with Gasteiger partial charge >= 0.3 is 0 Å². The van der Waals surface area contributed by atoms with E-state index in [1.54, 1.807) is 31.4 Å². The van der Waals surface area contributed by atoms with Gasteiger partial charge in [0.1, 0.15) is 0 Å². The number of carbonyl (C=O) groups excluding carboxylic acids is 1. The molecule has 0 aliphatic carbocycles. The maximum Gasteiger partial charge on any atom is 0.261 e. The third-order valence-electron chi connectivity index (χ3n) is 4.75. The van der Waals surface area contributed by atoms with Gasteiger partial charge in [0.2, 0.25) is 0 Å². The Balaban J connectivity index is 1.72. The normalized spacial score (nSPS) is 11.9. The molecule has 2 N–H and O–H groups in total. The van der Waals surface area contributed by atoms with Crippen LogP contribution in [0.4, 0.5) is 0 Å². The number of benzene rings is 2. The maximum absolute atomic E-state index is 13.0. The number of rotatable bonds is 4. The number of hydrogen-bond donors (Lipinski definition) is 2. The molecule has 1 unspecified atom stereocenters. The van der Waals surface area contributed by atoms with Gasteiger partial charge in [-0.25, -0.2) is 0 Å². The Hall–Kier alpha value is -3.58. The summed E-state index contributed by atoms with van der Waals surface area (Å²) in [6, 6.07) is 19.8.